The molecule has 3 rings (SSSR count). The molecule has 27 heavy (non-hydrogen) atoms. The lowest BCUT2D eigenvalue weighted by molar-refractivity contribution is -0.122. The Morgan fingerprint density at radius 2 is 1.70 bits per heavy atom. The van der Waals surface area contributed by atoms with E-state index in [0.717, 1.165) is 12.1 Å². The van der Waals surface area contributed by atoms with Crippen LogP contribution in [-0.4, -0.2) is 62.8 Å². The number of piperazine rings is 1. The summed E-state index contributed by atoms with van der Waals surface area (Å²) in [5.41, 5.74) is 1.05. The zero-order valence-electron chi connectivity index (χ0n) is 16.2. The van der Waals surface area contributed by atoms with E-state index >= 15 is 0 Å². The lowest BCUT2D eigenvalue weighted by atomic mass is 10.0. The fourth-order valence-electron chi connectivity index (χ4n) is 3.96. The molecule has 2 fully saturated rings. The Balaban J connectivity index is 1.39. The van der Waals surface area contributed by atoms with Gasteiger partial charge in [-0.25, -0.2) is 8.42 Å². The summed E-state index contributed by atoms with van der Waals surface area (Å²) in [6, 6.07) is 7.02. The summed E-state index contributed by atoms with van der Waals surface area (Å²) in [6.07, 6.45) is 5.54. The number of benzene rings is 1. The molecule has 0 atom stereocenters. The molecule has 6 nitrogen and oxygen atoms in total. The lowest BCUT2D eigenvalue weighted by Gasteiger charge is -2.34. The number of rotatable bonds is 7. The predicted octanol–water partition coefficient (Wildman–Crippen LogP) is 2.00. The number of hydrogen-bond acceptors (Lipinski definition) is 4. The molecule has 0 bridgehead atoms. The van der Waals surface area contributed by atoms with Crippen molar-refractivity contribution in [3.63, 3.8) is 0 Å². The van der Waals surface area contributed by atoms with Gasteiger partial charge in [-0.15, -0.1) is 0 Å². The smallest absolute Gasteiger partial charge is 0.243 e. The Morgan fingerprint density at radius 1 is 1.07 bits per heavy atom. The quantitative estimate of drug-likeness (QED) is 0.769. The summed E-state index contributed by atoms with van der Waals surface area (Å²) in [5.74, 6) is 0.725. The number of amides is 1. The highest BCUT2D eigenvalue weighted by atomic mass is 32.2. The number of aryl methyl sites for hydroxylation is 1. The van der Waals surface area contributed by atoms with Crippen molar-refractivity contribution >= 4 is 15.9 Å². The average molecular weight is 394 g/mol. The van der Waals surface area contributed by atoms with E-state index in [9.17, 15) is 13.2 Å². The van der Waals surface area contributed by atoms with Crippen molar-refractivity contribution in [2.75, 3.05) is 39.3 Å². The molecule has 0 aromatic heterocycles. The Bertz CT molecular complexity index is 719. The van der Waals surface area contributed by atoms with Gasteiger partial charge in [0.1, 0.15) is 0 Å². The van der Waals surface area contributed by atoms with Crippen LogP contribution in [0.2, 0.25) is 0 Å². The molecule has 150 valence electrons. The molecule has 1 heterocycles. The summed E-state index contributed by atoms with van der Waals surface area (Å²) in [7, 11) is -3.41. The van der Waals surface area contributed by atoms with Crippen molar-refractivity contribution in [1.82, 2.24) is 14.5 Å². The van der Waals surface area contributed by atoms with Crippen LogP contribution in [0.4, 0.5) is 0 Å². The lowest BCUT2D eigenvalue weighted by Crippen LogP contribution is -2.50. The molecular formula is C20H31N3O3S. The molecule has 0 radical (unpaired) electrons. The second-order valence-corrected chi connectivity index (χ2v) is 9.70. The van der Waals surface area contributed by atoms with Crippen LogP contribution in [0.5, 0.6) is 0 Å². The zero-order chi connectivity index (χ0) is 19.3. The highest BCUT2D eigenvalue weighted by molar-refractivity contribution is 7.89. The SMILES string of the molecule is Cc1ccc(S(=O)(=O)N2CCN(CCNC(=O)CC3CCCC3)CC2)cc1. The normalized spacial score (nSPS) is 20.0. The molecule has 1 aromatic carbocycles. The first kappa shape index (κ1) is 20.3. The molecular weight excluding hydrogens is 362 g/mol. The fraction of sp³-hybridized carbons (Fsp3) is 0.650. The number of hydrogen-bond donors (Lipinski definition) is 1. The molecule has 1 N–H and O–H groups in total. The third-order valence-corrected chi connectivity index (χ3v) is 7.60. The van der Waals surface area contributed by atoms with Crippen molar-refractivity contribution in [3.05, 3.63) is 29.8 Å². The maximum Gasteiger partial charge on any atom is 0.243 e. The van der Waals surface area contributed by atoms with Crippen LogP contribution in [0.25, 0.3) is 0 Å². The summed E-state index contributed by atoms with van der Waals surface area (Å²) in [4.78, 5) is 14.6. The van der Waals surface area contributed by atoms with Crippen molar-refractivity contribution in [3.8, 4) is 0 Å². The van der Waals surface area contributed by atoms with Gasteiger partial charge in [0.2, 0.25) is 15.9 Å². The summed E-state index contributed by atoms with van der Waals surface area (Å²) in [6.45, 7) is 5.73. The van der Waals surface area contributed by atoms with Gasteiger partial charge < -0.3 is 5.32 Å². The highest BCUT2D eigenvalue weighted by Crippen LogP contribution is 2.27. The van der Waals surface area contributed by atoms with E-state index in [1.165, 1.54) is 25.7 Å². The van der Waals surface area contributed by atoms with E-state index in [4.69, 9.17) is 0 Å². The van der Waals surface area contributed by atoms with Crippen LogP contribution in [0.15, 0.2) is 29.2 Å². The molecule has 0 unspecified atom stereocenters. The maximum absolute atomic E-state index is 12.7. The molecule has 7 heteroatoms. The summed E-state index contributed by atoms with van der Waals surface area (Å²) < 4.78 is 27.0. The number of carbonyl (C=O) groups is 1. The van der Waals surface area contributed by atoms with Gasteiger partial charge in [-0.1, -0.05) is 30.5 Å². The fourth-order valence-corrected chi connectivity index (χ4v) is 5.38. The highest BCUT2D eigenvalue weighted by Gasteiger charge is 2.28. The Morgan fingerprint density at radius 3 is 2.33 bits per heavy atom. The minimum atomic E-state index is -3.41. The minimum absolute atomic E-state index is 0.155. The van der Waals surface area contributed by atoms with Crippen LogP contribution < -0.4 is 5.32 Å². The first-order valence-corrected chi connectivity index (χ1v) is 11.4. The Hall–Kier alpha value is -1.44. The van der Waals surface area contributed by atoms with E-state index in [0.29, 0.717) is 50.0 Å². The van der Waals surface area contributed by atoms with Gasteiger partial charge >= 0.3 is 0 Å². The van der Waals surface area contributed by atoms with E-state index in [2.05, 4.69) is 10.2 Å². The van der Waals surface area contributed by atoms with Crippen molar-refractivity contribution in [1.29, 1.82) is 0 Å². The van der Waals surface area contributed by atoms with Gasteiger partial charge in [0.25, 0.3) is 0 Å². The van der Waals surface area contributed by atoms with E-state index in [1.54, 1.807) is 16.4 Å². The summed E-state index contributed by atoms with van der Waals surface area (Å²) in [5, 5.41) is 3.02. The Labute approximate surface area is 163 Å². The second-order valence-electron chi connectivity index (χ2n) is 7.76. The van der Waals surface area contributed by atoms with Gasteiger partial charge in [0, 0.05) is 45.7 Å². The molecule has 1 aliphatic carbocycles. The molecule has 0 spiro atoms. The molecule has 1 aromatic rings. The van der Waals surface area contributed by atoms with Crippen LogP contribution in [0.1, 0.15) is 37.7 Å². The summed E-state index contributed by atoms with van der Waals surface area (Å²) >= 11 is 0. The van der Waals surface area contributed by atoms with E-state index < -0.39 is 10.0 Å². The molecule has 1 saturated carbocycles. The van der Waals surface area contributed by atoms with Crippen LogP contribution >= 0.6 is 0 Å². The van der Waals surface area contributed by atoms with Crippen molar-refractivity contribution in [2.45, 2.75) is 43.9 Å². The maximum atomic E-state index is 12.7. The number of nitrogens with one attached hydrogen (secondary N) is 1. The van der Waals surface area contributed by atoms with E-state index in [1.807, 2.05) is 19.1 Å². The zero-order valence-corrected chi connectivity index (χ0v) is 17.0. The number of carbonyl (C=O) groups excluding carboxylic acids is 1. The van der Waals surface area contributed by atoms with Crippen molar-refractivity contribution < 1.29 is 13.2 Å². The third-order valence-electron chi connectivity index (χ3n) is 5.69. The van der Waals surface area contributed by atoms with Crippen LogP contribution in [-0.2, 0) is 14.8 Å². The number of nitrogens with zero attached hydrogens (tertiary/aromatic N) is 2. The third kappa shape index (κ3) is 5.53. The monoisotopic (exact) mass is 393 g/mol. The van der Waals surface area contributed by atoms with Gasteiger partial charge in [-0.2, -0.15) is 4.31 Å². The second kappa shape index (κ2) is 9.17. The molecule has 1 aliphatic heterocycles. The largest absolute Gasteiger partial charge is 0.355 e. The molecule has 1 saturated heterocycles. The van der Waals surface area contributed by atoms with Gasteiger partial charge in [-0.3, -0.25) is 9.69 Å². The Kier molecular flexibility index (Phi) is 6.89. The topological polar surface area (TPSA) is 69.7 Å². The van der Waals surface area contributed by atoms with Crippen LogP contribution in [0, 0.1) is 12.8 Å². The van der Waals surface area contributed by atoms with E-state index in [-0.39, 0.29) is 5.91 Å². The average Bonchev–Trinajstić information content (AvgIpc) is 3.15. The van der Waals surface area contributed by atoms with Gasteiger partial charge in [0.15, 0.2) is 0 Å². The first-order chi connectivity index (χ1) is 12.9. The molecule has 2 aliphatic rings. The van der Waals surface area contributed by atoms with Gasteiger partial charge in [0.05, 0.1) is 4.90 Å². The number of sulfonamides is 1. The standard InChI is InChI=1S/C20H31N3O3S/c1-17-6-8-19(9-7-17)27(25,26)23-14-12-22(13-15-23)11-10-21-20(24)16-18-4-2-3-5-18/h6-9,18H,2-5,10-16H2,1H3,(H,21,24). The first-order valence-electron chi connectivity index (χ1n) is 10.0. The van der Waals surface area contributed by atoms with Crippen molar-refractivity contribution in [2.24, 2.45) is 5.92 Å². The predicted molar refractivity (Wildman–Crippen MR) is 106 cm³/mol. The minimum Gasteiger partial charge on any atom is -0.355 e. The van der Waals surface area contributed by atoms with Crippen LogP contribution in [0.3, 0.4) is 0 Å². The molecule has 1 amide bonds. The van der Waals surface area contributed by atoms with Gasteiger partial charge in [-0.05, 0) is 37.8 Å².